The highest BCUT2D eigenvalue weighted by molar-refractivity contribution is 8.15. The molecule has 0 saturated carbocycles. The molecule has 0 spiro atoms. The molecule has 0 aliphatic rings. The molecule has 5 heteroatoms. The van der Waals surface area contributed by atoms with E-state index in [0.29, 0.717) is 0 Å². The van der Waals surface area contributed by atoms with Gasteiger partial charge in [0.25, 0.3) is 5.17 Å². The number of hydrogen-bond acceptors (Lipinski definition) is 2. The molecule has 0 heterocycles. The Morgan fingerprint density at radius 2 is 1.67 bits per heavy atom. The van der Waals surface area contributed by atoms with E-state index in [4.69, 9.17) is 0 Å². The molecule has 0 aromatic heterocycles. The van der Waals surface area contributed by atoms with Gasteiger partial charge in [-0.3, -0.25) is 4.58 Å². The standard InChI is InChI=1S/C10H22N3S2/c1-7-14-9(12(3)4)11-10(13(5)6)15-8-2/h7-8H2,1-6H3/q+1. The van der Waals surface area contributed by atoms with Crippen LogP contribution in [0.4, 0.5) is 0 Å². The van der Waals surface area contributed by atoms with Crippen LogP contribution in [0.1, 0.15) is 13.8 Å². The zero-order valence-electron chi connectivity index (χ0n) is 10.6. The third-order valence-electron chi connectivity index (χ3n) is 1.50. The van der Waals surface area contributed by atoms with Crippen LogP contribution in [0.5, 0.6) is 0 Å². The molecule has 0 unspecified atom stereocenters. The fraction of sp³-hybridized carbons (Fsp3) is 0.800. The summed E-state index contributed by atoms with van der Waals surface area (Å²) < 4.78 is 2.06. The van der Waals surface area contributed by atoms with Crippen molar-refractivity contribution in [3.05, 3.63) is 0 Å². The Bertz CT molecular complexity index is 243. The van der Waals surface area contributed by atoms with Gasteiger partial charge in [0.2, 0.25) is 0 Å². The summed E-state index contributed by atoms with van der Waals surface area (Å²) in [5, 5.41) is 2.14. The van der Waals surface area contributed by atoms with Crippen molar-refractivity contribution in [2.24, 2.45) is 4.99 Å². The lowest BCUT2D eigenvalue weighted by molar-refractivity contribution is -0.462. The van der Waals surface area contributed by atoms with E-state index in [0.717, 1.165) is 21.8 Å². The van der Waals surface area contributed by atoms with Crippen molar-refractivity contribution in [3.8, 4) is 0 Å². The van der Waals surface area contributed by atoms with Gasteiger partial charge in [0.15, 0.2) is 0 Å². The largest absolute Gasteiger partial charge is 0.357 e. The molecular weight excluding hydrogens is 226 g/mol. The monoisotopic (exact) mass is 248 g/mol. The fourth-order valence-corrected chi connectivity index (χ4v) is 2.26. The molecule has 0 aliphatic heterocycles. The maximum Gasteiger partial charge on any atom is 0.357 e. The van der Waals surface area contributed by atoms with Gasteiger partial charge in [-0.15, -0.1) is 0 Å². The summed E-state index contributed by atoms with van der Waals surface area (Å²) in [5.41, 5.74) is 0. The lowest BCUT2D eigenvalue weighted by atomic mass is 10.9. The Labute approximate surface area is 102 Å². The molecule has 15 heavy (non-hydrogen) atoms. The van der Waals surface area contributed by atoms with Crippen LogP contribution in [-0.2, 0) is 0 Å². The highest BCUT2D eigenvalue weighted by atomic mass is 32.2. The van der Waals surface area contributed by atoms with Crippen molar-refractivity contribution in [1.29, 1.82) is 0 Å². The minimum atomic E-state index is 1.05. The summed E-state index contributed by atoms with van der Waals surface area (Å²) in [6.07, 6.45) is 0. The lowest BCUT2D eigenvalue weighted by Gasteiger charge is -2.09. The van der Waals surface area contributed by atoms with E-state index in [1.54, 1.807) is 23.5 Å². The molecule has 0 aromatic rings. The summed E-state index contributed by atoms with van der Waals surface area (Å²) in [5.74, 6) is 2.10. The molecule has 0 bridgehead atoms. The van der Waals surface area contributed by atoms with E-state index in [1.165, 1.54) is 0 Å². The van der Waals surface area contributed by atoms with Crippen LogP contribution in [0.15, 0.2) is 4.99 Å². The third-order valence-corrected chi connectivity index (χ3v) is 3.51. The van der Waals surface area contributed by atoms with Gasteiger partial charge >= 0.3 is 5.17 Å². The minimum absolute atomic E-state index is 1.05. The maximum absolute atomic E-state index is 4.67. The van der Waals surface area contributed by atoms with Gasteiger partial charge in [-0.25, -0.2) is 0 Å². The SMILES string of the molecule is CCSC(=NC(SCC)=[N+](C)C)N(C)C. The summed E-state index contributed by atoms with van der Waals surface area (Å²) in [4.78, 5) is 6.73. The molecule has 0 amide bonds. The molecule has 0 N–H and O–H groups in total. The predicted molar refractivity (Wildman–Crippen MR) is 74.5 cm³/mol. The molecule has 0 saturated heterocycles. The molecular formula is C10H22N3S2+. The average Bonchev–Trinajstić information content (AvgIpc) is 2.15. The van der Waals surface area contributed by atoms with Crippen LogP contribution in [0.25, 0.3) is 0 Å². The van der Waals surface area contributed by atoms with E-state index in [1.807, 2.05) is 28.2 Å². The molecule has 0 radical (unpaired) electrons. The predicted octanol–water partition coefficient (Wildman–Crippen LogP) is 2.04. The van der Waals surface area contributed by atoms with Crippen LogP contribution in [0, 0.1) is 0 Å². The molecule has 0 aromatic carbocycles. The van der Waals surface area contributed by atoms with Gasteiger partial charge in [-0.2, -0.15) is 0 Å². The van der Waals surface area contributed by atoms with Crippen LogP contribution in [-0.4, -0.2) is 59.5 Å². The minimum Gasteiger partial charge on any atom is -0.336 e. The zero-order chi connectivity index (χ0) is 11.8. The van der Waals surface area contributed by atoms with Gasteiger partial charge in [0.1, 0.15) is 0 Å². The van der Waals surface area contributed by atoms with Crippen LogP contribution in [0.3, 0.4) is 0 Å². The van der Waals surface area contributed by atoms with Crippen LogP contribution >= 0.6 is 23.5 Å². The Morgan fingerprint density at radius 1 is 1.13 bits per heavy atom. The Kier molecular flexibility index (Phi) is 7.96. The van der Waals surface area contributed by atoms with E-state index in [2.05, 4.69) is 28.3 Å². The molecule has 3 nitrogen and oxygen atoms in total. The van der Waals surface area contributed by atoms with E-state index >= 15 is 0 Å². The first-order valence-electron chi connectivity index (χ1n) is 5.08. The topological polar surface area (TPSA) is 18.6 Å². The zero-order valence-corrected chi connectivity index (χ0v) is 12.2. The van der Waals surface area contributed by atoms with E-state index < -0.39 is 0 Å². The number of amidine groups is 2. The first kappa shape index (κ1) is 14.8. The molecule has 0 fully saturated rings. The smallest absolute Gasteiger partial charge is 0.336 e. The second-order valence-corrected chi connectivity index (χ2v) is 5.79. The van der Waals surface area contributed by atoms with Crippen molar-refractivity contribution in [1.82, 2.24) is 4.90 Å². The highest BCUT2D eigenvalue weighted by Crippen LogP contribution is 2.10. The van der Waals surface area contributed by atoms with Gasteiger partial charge in [-0.05, 0) is 16.8 Å². The van der Waals surface area contributed by atoms with E-state index in [-0.39, 0.29) is 0 Å². The van der Waals surface area contributed by atoms with Gasteiger partial charge in [-0.1, -0.05) is 25.6 Å². The summed E-state index contributed by atoms with van der Waals surface area (Å²) >= 11 is 3.54. The van der Waals surface area contributed by atoms with Crippen molar-refractivity contribution < 1.29 is 4.58 Å². The second kappa shape index (κ2) is 8.05. The van der Waals surface area contributed by atoms with E-state index in [9.17, 15) is 0 Å². The molecule has 0 atom stereocenters. The van der Waals surface area contributed by atoms with Crippen molar-refractivity contribution in [2.75, 3.05) is 39.7 Å². The van der Waals surface area contributed by atoms with Gasteiger partial charge in [0.05, 0.1) is 14.1 Å². The lowest BCUT2D eigenvalue weighted by Crippen LogP contribution is -2.21. The van der Waals surface area contributed by atoms with Gasteiger partial charge < -0.3 is 4.90 Å². The normalized spacial score (nSPS) is 11.5. The summed E-state index contributed by atoms with van der Waals surface area (Å²) in [6.45, 7) is 4.29. The van der Waals surface area contributed by atoms with Crippen molar-refractivity contribution in [2.45, 2.75) is 13.8 Å². The van der Waals surface area contributed by atoms with Gasteiger partial charge in [0, 0.05) is 25.6 Å². The first-order valence-corrected chi connectivity index (χ1v) is 7.05. The summed E-state index contributed by atoms with van der Waals surface area (Å²) in [7, 11) is 8.13. The molecule has 0 aliphatic carbocycles. The van der Waals surface area contributed by atoms with Crippen LogP contribution < -0.4 is 0 Å². The number of thioether (sulfide) groups is 2. The quantitative estimate of drug-likeness (QED) is 0.423. The number of rotatable bonds is 2. The number of hydrogen-bond donors (Lipinski definition) is 0. The van der Waals surface area contributed by atoms with Crippen molar-refractivity contribution >= 4 is 33.9 Å². The number of aliphatic imine (C=N–C) groups is 1. The summed E-state index contributed by atoms with van der Waals surface area (Å²) in [6, 6.07) is 0. The molecule has 88 valence electrons. The number of nitrogens with zero attached hydrogens (tertiary/aromatic N) is 3. The maximum atomic E-state index is 4.67. The second-order valence-electron chi connectivity index (χ2n) is 3.33. The average molecular weight is 248 g/mol. The fourth-order valence-electron chi connectivity index (χ4n) is 0.863. The Morgan fingerprint density at radius 3 is 2.00 bits per heavy atom. The highest BCUT2D eigenvalue weighted by Gasteiger charge is 2.14. The van der Waals surface area contributed by atoms with Crippen molar-refractivity contribution in [3.63, 3.8) is 0 Å². The van der Waals surface area contributed by atoms with Crippen LogP contribution in [0.2, 0.25) is 0 Å². The Balaban J connectivity index is 4.83. The molecule has 0 rings (SSSR count). The first-order chi connectivity index (χ1) is 7.02. The Hall–Kier alpha value is -0.160. The third kappa shape index (κ3) is 6.10.